The number of amides is 1. The maximum Gasteiger partial charge on any atom is 0.236 e. The lowest BCUT2D eigenvalue weighted by Gasteiger charge is -2.08. The Morgan fingerprint density at radius 1 is 1.36 bits per heavy atom. The molecule has 74 valence electrons. The number of hydrazine groups is 1. The third kappa shape index (κ3) is 1.70. The van der Waals surface area contributed by atoms with Crippen molar-refractivity contribution in [3.05, 3.63) is 29.8 Å². The number of benzene rings is 1. The molecule has 0 unspecified atom stereocenters. The molecule has 1 heterocycles. The number of ether oxygens (including phenoxy) is 1. The van der Waals surface area contributed by atoms with Gasteiger partial charge in [-0.1, -0.05) is 12.1 Å². The first-order valence-electron chi connectivity index (χ1n) is 4.48. The average Bonchev–Trinajstić information content (AvgIpc) is 2.65. The van der Waals surface area contributed by atoms with Gasteiger partial charge in [-0.15, -0.1) is 0 Å². The molecule has 4 nitrogen and oxygen atoms in total. The number of methoxy groups -OCH3 is 1. The van der Waals surface area contributed by atoms with E-state index in [1.54, 1.807) is 7.11 Å². The Balaban J connectivity index is 2.13. The van der Waals surface area contributed by atoms with E-state index in [1.165, 1.54) is 0 Å². The van der Waals surface area contributed by atoms with Crippen LogP contribution < -0.4 is 15.6 Å². The second-order valence-electron chi connectivity index (χ2n) is 3.22. The summed E-state index contributed by atoms with van der Waals surface area (Å²) in [6.45, 7) is 0. The fourth-order valence-corrected chi connectivity index (χ4v) is 1.49. The molecule has 4 heteroatoms. The van der Waals surface area contributed by atoms with Crippen LogP contribution in [0.25, 0.3) is 0 Å². The fourth-order valence-electron chi connectivity index (χ4n) is 1.49. The highest BCUT2D eigenvalue weighted by molar-refractivity contribution is 5.78. The lowest BCUT2D eigenvalue weighted by molar-refractivity contribution is -0.119. The Labute approximate surface area is 82.2 Å². The van der Waals surface area contributed by atoms with Crippen molar-refractivity contribution in [2.75, 3.05) is 7.11 Å². The highest BCUT2D eigenvalue weighted by atomic mass is 16.5. The molecule has 1 aromatic rings. The van der Waals surface area contributed by atoms with Crippen LogP contribution in [0, 0.1) is 0 Å². The summed E-state index contributed by atoms with van der Waals surface area (Å²) in [5.41, 5.74) is 6.58. The maximum absolute atomic E-state index is 11.0. The summed E-state index contributed by atoms with van der Waals surface area (Å²) in [5, 5.41) is 0. The highest BCUT2D eigenvalue weighted by Crippen LogP contribution is 2.21. The van der Waals surface area contributed by atoms with Gasteiger partial charge in [0.25, 0.3) is 0 Å². The molecule has 0 radical (unpaired) electrons. The summed E-state index contributed by atoms with van der Waals surface area (Å²) in [4.78, 5) is 11.0. The van der Waals surface area contributed by atoms with Crippen LogP contribution in [-0.4, -0.2) is 13.0 Å². The largest absolute Gasteiger partial charge is 0.497 e. The normalized spacial score (nSPS) is 20.6. The van der Waals surface area contributed by atoms with E-state index in [1.807, 2.05) is 24.3 Å². The van der Waals surface area contributed by atoms with Crippen molar-refractivity contribution in [3.8, 4) is 5.75 Å². The Morgan fingerprint density at radius 2 is 2.07 bits per heavy atom. The minimum absolute atomic E-state index is 0.0332. The summed E-state index contributed by atoms with van der Waals surface area (Å²) in [6, 6.07) is 7.76. The maximum atomic E-state index is 11.0. The average molecular weight is 192 g/mol. The van der Waals surface area contributed by atoms with Crippen LogP contribution in [0.15, 0.2) is 24.3 Å². The molecule has 0 bridgehead atoms. The number of hydrogen-bond acceptors (Lipinski definition) is 3. The number of carbonyl (C=O) groups excluding carboxylic acids is 1. The van der Waals surface area contributed by atoms with Gasteiger partial charge in [-0.2, -0.15) is 0 Å². The van der Waals surface area contributed by atoms with Crippen molar-refractivity contribution in [1.82, 2.24) is 10.9 Å². The van der Waals surface area contributed by atoms with E-state index in [4.69, 9.17) is 4.74 Å². The zero-order valence-corrected chi connectivity index (χ0v) is 7.91. The van der Waals surface area contributed by atoms with Gasteiger partial charge in [0.1, 0.15) is 5.75 Å². The summed E-state index contributed by atoms with van der Waals surface area (Å²) < 4.78 is 5.05. The predicted octanol–water partition coefficient (Wildman–Crippen LogP) is 0.761. The van der Waals surface area contributed by atoms with Gasteiger partial charge in [-0.25, -0.2) is 5.43 Å². The molecule has 1 aromatic carbocycles. The van der Waals surface area contributed by atoms with Gasteiger partial charge in [0.2, 0.25) is 5.91 Å². The van der Waals surface area contributed by atoms with Gasteiger partial charge in [-0.3, -0.25) is 10.2 Å². The first-order valence-corrected chi connectivity index (χ1v) is 4.48. The minimum atomic E-state index is 0.0332. The molecule has 14 heavy (non-hydrogen) atoms. The monoisotopic (exact) mass is 192 g/mol. The Bertz CT molecular complexity index is 334. The van der Waals surface area contributed by atoms with E-state index < -0.39 is 0 Å². The van der Waals surface area contributed by atoms with Crippen molar-refractivity contribution in [2.45, 2.75) is 12.5 Å². The van der Waals surface area contributed by atoms with Crippen LogP contribution in [-0.2, 0) is 4.79 Å². The molecule has 1 saturated heterocycles. The van der Waals surface area contributed by atoms with Gasteiger partial charge < -0.3 is 4.74 Å². The lowest BCUT2D eigenvalue weighted by Crippen LogP contribution is -2.27. The number of rotatable bonds is 2. The second-order valence-corrected chi connectivity index (χ2v) is 3.22. The van der Waals surface area contributed by atoms with Gasteiger partial charge in [-0.05, 0) is 17.7 Å². The van der Waals surface area contributed by atoms with Crippen LogP contribution in [0.5, 0.6) is 5.75 Å². The molecule has 0 aromatic heterocycles. The van der Waals surface area contributed by atoms with Crippen LogP contribution in [0.4, 0.5) is 0 Å². The van der Waals surface area contributed by atoms with Gasteiger partial charge in [0.15, 0.2) is 0 Å². The lowest BCUT2D eigenvalue weighted by atomic mass is 10.1. The van der Waals surface area contributed by atoms with E-state index >= 15 is 0 Å². The molecule has 0 aliphatic carbocycles. The zero-order valence-electron chi connectivity index (χ0n) is 7.91. The number of carbonyl (C=O) groups is 1. The van der Waals surface area contributed by atoms with Crippen LogP contribution in [0.1, 0.15) is 18.0 Å². The molecule has 2 N–H and O–H groups in total. The summed E-state index contributed by atoms with van der Waals surface area (Å²) in [7, 11) is 1.63. The Morgan fingerprint density at radius 3 is 2.57 bits per heavy atom. The molecule has 0 saturated carbocycles. The molecular weight excluding hydrogens is 180 g/mol. The van der Waals surface area contributed by atoms with Gasteiger partial charge in [0, 0.05) is 6.42 Å². The molecule has 1 aliphatic rings. The van der Waals surface area contributed by atoms with Crippen molar-refractivity contribution < 1.29 is 9.53 Å². The standard InChI is InChI=1S/C10H12N2O2/c1-14-8-4-2-7(3-5-8)9-6-10(13)12-11-9/h2-5,9,11H,6H2,1H3,(H,12,13)/t9-/m0/s1. The van der Waals surface area contributed by atoms with E-state index in [9.17, 15) is 4.79 Å². The second kappa shape index (κ2) is 3.67. The Kier molecular flexibility index (Phi) is 2.37. The quantitative estimate of drug-likeness (QED) is 0.727. The first-order chi connectivity index (χ1) is 6.79. The molecular formula is C10H12N2O2. The number of nitrogens with one attached hydrogen (secondary N) is 2. The van der Waals surface area contributed by atoms with E-state index in [0.29, 0.717) is 6.42 Å². The Hall–Kier alpha value is -1.55. The summed E-state index contributed by atoms with van der Waals surface area (Å²) in [5.74, 6) is 0.858. The van der Waals surface area contributed by atoms with E-state index in [-0.39, 0.29) is 11.9 Å². The molecule has 1 atom stereocenters. The smallest absolute Gasteiger partial charge is 0.236 e. The topological polar surface area (TPSA) is 50.4 Å². The van der Waals surface area contributed by atoms with Crippen molar-refractivity contribution in [3.63, 3.8) is 0 Å². The summed E-state index contributed by atoms with van der Waals surface area (Å²) >= 11 is 0. The molecule has 2 rings (SSSR count). The molecule has 1 aliphatic heterocycles. The van der Waals surface area contributed by atoms with Crippen LogP contribution in [0.3, 0.4) is 0 Å². The molecule has 1 amide bonds. The third-order valence-corrected chi connectivity index (χ3v) is 2.29. The SMILES string of the molecule is COc1ccc([C@@H]2CC(=O)NN2)cc1. The van der Waals surface area contributed by atoms with Crippen molar-refractivity contribution in [2.24, 2.45) is 0 Å². The zero-order chi connectivity index (χ0) is 9.97. The highest BCUT2D eigenvalue weighted by Gasteiger charge is 2.21. The minimum Gasteiger partial charge on any atom is -0.497 e. The van der Waals surface area contributed by atoms with E-state index in [0.717, 1.165) is 11.3 Å². The van der Waals surface area contributed by atoms with Gasteiger partial charge >= 0.3 is 0 Å². The number of hydrogen-bond donors (Lipinski definition) is 2. The predicted molar refractivity (Wildman–Crippen MR) is 51.6 cm³/mol. The van der Waals surface area contributed by atoms with Crippen molar-refractivity contribution >= 4 is 5.91 Å². The van der Waals surface area contributed by atoms with Crippen LogP contribution >= 0.6 is 0 Å². The fraction of sp³-hybridized carbons (Fsp3) is 0.300. The third-order valence-electron chi connectivity index (χ3n) is 2.29. The van der Waals surface area contributed by atoms with Gasteiger partial charge in [0.05, 0.1) is 13.2 Å². The molecule has 0 spiro atoms. The van der Waals surface area contributed by atoms with Crippen LogP contribution in [0.2, 0.25) is 0 Å². The molecule has 1 fully saturated rings. The summed E-state index contributed by atoms with van der Waals surface area (Å²) in [6.07, 6.45) is 0.492. The van der Waals surface area contributed by atoms with Crippen molar-refractivity contribution in [1.29, 1.82) is 0 Å². The van der Waals surface area contributed by atoms with E-state index in [2.05, 4.69) is 10.9 Å². The first kappa shape index (κ1) is 9.02.